The van der Waals surface area contributed by atoms with Crippen LogP contribution in [0.25, 0.3) is 10.4 Å². The van der Waals surface area contributed by atoms with Crippen LogP contribution in [0.1, 0.15) is 4.88 Å². The van der Waals surface area contributed by atoms with E-state index in [2.05, 4.69) is 5.10 Å². The van der Waals surface area contributed by atoms with Gasteiger partial charge in [0, 0.05) is 41.2 Å². The molecule has 9 heteroatoms. The number of nitrogens with zero attached hydrogens (tertiary/aromatic N) is 4. The molecule has 0 fully saturated rings. The van der Waals surface area contributed by atoms with Crippen LogP contribution in [0.15, 0.2) is 58.3 Å². The van der Waals surface area contributed by atoms with Crippen molar-refractivity contribution in [1.29, 1.82) is 0 Å². The van der Waals surface area contributed by atoms with E-state index in [-0.39, 0.29) is 24.3 Å². The molecule has 7 nitrogen and oxygen atoms in total. The molecule has 136 valence electrons. The van der Waals surface area contributed by atoms with Crippen LogP contribution in [-0.2, 0) is 20.1 Å². The van der Waals surface area contributed by atoms with Gasteiger partial charge in [-0.15, -0.1) is 11.3 Å². The highest BCUT2D eigenvalue weighted by molar-refractivity contribution is 7.15. The molecule has 3 heterocycles. The lowest BCUT2D eigenvalue weighted by molar-refractivity contribution is 0.604. The Hall–Kier alpha value is -2.78. The summed E-state index contributed by atoms with van der Waals surface area (Å²) in [6.45, 7) is 0.433. The molecule has 2 N–H and O–H groups in total. The van der Waals surface area contributed by atoms with Gasteiger partial charge in [-0.1, -0.05) is 0 Å². The number of hydrogen-bond acceptors (Lipinski definition) is 5. The molecule has 0 aliphatic carbocycles. The van der Waals surface area contributed by atoms with Crippen molar-refractivity contribution in [1.82, 2.24) is 18.9 Å². The first-order valence-electron chi connectivity index (χ1n) is 7.88. The summed E-state index contributed by atoms with van der Waals surface area (Å²) in [6.07, 6.45) is 3.62. The standard InChI is InChI=1S/C17H18FN5O2S/c1-21-9-13(2-5-16(21)24)15-4-3-14(26-15)10-22-11-20-23(17(22)25)8-12(6-18)7-19/h2-6,9,11H,7-8,10,19H2,1H3/b12-6+. The summed E-state index contributed by atoms with van der Waals surface area (Å²) in [5.74, 6) is 0. The minimum atomic E-state index is -0.324. The monoisotopic (exact) mass is 375 g/mol. The van der Waals surface area contributed by atoms with Gasteiger partial charge >= 0.3 is 5.69 Å². The van der Waals surface area contributed by atoms with E-state index in [9.17, 15) is 14.0 Å². The van der Waals surface area contributed by atoms with Crippen LogP contribution in [0, 0.1) is 0 Å². The van der Waals surface area contributed by atoms with Gasteiger partial charge in [0.25, 0.3) is 0 Å². The number of aromatic nitrogens is 4. The predicted octanol–water partition coefficient (Wildman–Crippen LogP) is 1.33. The summed E-state index contributed by atoms with van der Waals surface area (Å²) >= 11 is 1.53. The van der Waals surface area contributed by atoms with E-state index in [1.807, 2.05) is 12.1 Å². The Kier molecular flexibility index (Phi) is 5.29. The lowest BCUT2D eigenvalue weighted by Gasteiger charge is -2.02. The molecular formula is C17H18FN5O2S. The largest absolute Gasteiger partial charge is 0.346 e. The summed E-state index contributed by atoms with van der Waals surface area (Å²) in [4.78, 5) is 25.8. The summed E-state index contributed by atoms with van der Waals surface area (Å²) in [6, 6.07) is 7.19. The highest BCUT2D eigenvalue weighted by atomic mass is 32.1. The van der Waals surface area contributed by atoms with Crippen LogP contribution in [0.2, 0.25) is 0 Å². The van der Waals surface area contributed by atoms with Crippen LogP contribution in [0.3, 0.4) is 0 Å². The molecule has 3 aromatic rings. The number of halogens is 1. The van der Waals surface area contributed by atoms with Crippen molar-refractivity contribution in [2.45, 2.75) is 13.1 Å². The fraction of sp³-hybridized carbons (Fsp3) is 0.235. The lowest BCUT2D eigenvalue weighted by atomic mass is 10.2. The second-order valence-corrected chi connectivity index (χ2v) is 6.97. The number of aryl methyl sites for hydroxylation is 1. The van der Waals surface area contributed by atoms with Crippen molar-refractivity contribution in [3.8, 4) is 10.4 Å². The highest BCUT2D eigenvalue weighted by Crippen LogP contribution is 2.27. The average molecular weight is 375 g/mol. The first-order chi connectivity index (χ1) is 12.5. The molecule has 0 radical (unpaired) electrons. The Morgan fingerprint density at radius 2 is 2.12 bits per heavy atom. The molecule has 0 unspecified atom stereocenters. The fourth-order valence-corrected chi connectivity index (χ4v) is 3.45. The number of rotatable bonds is 6. The SMILES string of the molecule is Cn1cc(-c2ccc(Cn3cnn(C/C(=C/F)CN)c3=O)s2)ccc1=O. The van der Waals surface area contributed by atoms with E-state index in [0.29, 0.717) is 18.4 Å². The average Bonchev–Trinajstić information content (AvgIpc) is 3.24. The molecule has 0 atom stereocenters. The van der Waals surface area contributed by atoms with Crippen molar-refractivity contribution in [3.63, 3.8) is 0 Å². The van der Waals surface area contributed by atoms with Crippen LogP contribution in [-0.4, -0.2) is 25.5 Å². The van der Waals surface area contributed by atoms with E-state index in [0.717, 1.165) is 15.3 Å². The van der Waals surface area contributed by atoms with Gasteiger partial charge in [-0.3, -0.25) is 9.36 Å². The maximum atomic E-state index is 12.6. The molecule has 3 rings (SSSR count). The maximum Gasteiger partial charge on any atom is 0.346 e. The Morgan fingerprint density at radius 3 is 2.81 bits per heavy atom. The van der Waals surface area contributed by atoms with E-state index in [1.165, 1.54) is 37.5 Å². The molecule has 0 amide bonds. The van der Waals surface area contributed by atoms with Gasteiger partial charge in [0.15, 0.2) is 0 Å². The zero-order valence-corrected chi connectivity index (χ0v) is 14.9. The number of pyridine rings is 1. The zero-order chi connectivity index (χ0) is 18.7. The van der Waals surface area contributed by atoms with Crippen LogP contribution in [0.4, 0.5) is 4.39 Å². The topological polar surface area (TPSA) is 87.8 Å². The zero-order valence-electron chi connectivity index (χ0n) is 14.1. The van der Waals surface area contributed by atoms with Gasteiger partial charge in [0.2, 0.25) is 5.56 Å². The number of thiophene rings is 1. The molecule has 0 aromatic carbocycles. The van der Waals surface area contributed by atoms with E-state index in [1.54, 1.807) is 19.3 Å². The third kappa shape index (κ3) is 3.73. The van der Waals surface area contributed by atoms with E-state index in [4.69, 9.17) is 5.73 Å². The second kappa shape index (κ2) is 7.63. The summed E-state index contributed by atoms with van der Waals surface area (Å²) in [7, 11) is 1.70. The number of hydrogen-bond donors (Lipinski definition) is 1. The molecule has 0 aliphatic heterocycles. The quantitative estimate of drug-likeness (QED) is 0.704. The first-order valence-corrected chi connectivity index (χ1v) is 8.69. The van der Waals surface area contributed by atoms with Crippen molar-refractivity contribution >= 4 is 11.3 Å². The van der Waals surface area contributed by atoms with Crippen molar-refractivity contribution in [2.24, 2.45) is 12.8 Å². The van der Waals surface area contributed by atoms with E-state index >= 15 is 0 Å². The van der Waals surface area contributed by atoms with Gasteiger partial charge < -0.3 is 10.3 Å². The van der Waals surface area contributed by atoms with Crippen LogP contribution in [0.5, 0.6) is 0 Å². The van der Waals surface area contributed by atoms with Crippen molar-refractivity contribution in [3.05, 3.63) is 74.4 Å². The molecule has 26 heavy (non-hydrogen) atoms. The Morgan fingerprint density at radius 1 is 1.31 bits per heavy atom. The normalized spacial score (nSPS) is 11.9. The summed E-state index contributed by atoms with van der Waals surface area (Å²) in [5.41, 5.74) is 6.26. The maximum absolute atomic E-state index is 12.6. The lowest BCUT2D eigenvalue weighted by Crippen LogP contribution is -2.26. The molecule has 0 bridgehead atoms. The minimum Gasteiger partial charge on any atom is -0.327 e. The second-order valence-electron chi connectivity index (χ2n) is 5.80. The first kappa shape index (κ1) is 18.0. The Balaban J connectivity index is 1.79. The third-order valence-electron chi connectivity index (χ3n) is 3.92. The van der Waals surface area contributed by atoms with Gasteiger partial charge in [-0.2, -0.15) is 5.10 Å². The summed E-state index contributed by atoms with van der Waals surface area (Å²) in [5, 5.41) is 4.00. The summed E-state index contributed by atoms with van der Waals surface area (Å²) < 4.78 is 16.8. The van der Waals surface area contributed by atoms with Crippen LogP contribution >= 0.6 is 11.3 Å². The van der Waals surface area contributed by atoms with Gasteiger partial charge in [-0.05, 0) is 23.8 Å². The van der Waals surface area contributed by atoms with Crippen LogP contribution < -0.4 is 17.0 Å². The molecule has 0 saturated heterocycles. The van der Waals surface area contributed by atoms with Crippen molar-refractivity contribution < 1.29 is 4.39 Å². The molecule has 0 saturated carbocycles. The van der Waals surface area contributed by atoms with Gasteiger partial charge in [0.1, 0.15) is 6.33 Å². The third-order valence-corrected chi connectivity index (χ3v) is 5.04. The van der Waals surface area contributed by atoms with E-state index < -0.39 is 0 Å². The van der Waals surface area contributed by atoms with Gasteiger partial charge in [-0.25, -0.2) is 13.9 Å². The smallest absolute Gasteiger partial charge is 0.327 e. The Bertz CT molecular complexity index is 1060. The minimum absolute atomic E-state index is 0.0314. The molecular weight excluding hydrogens is 357 g/mol. The number of nitrogens with two attached hydrogens (primary N) is 1. The van der Waals surface area contributed by atoms with Crippen molar-refractivity contribution in [2.75, 3.05) is 6.54 Å². The Labute approximate surface area is 152 Å². The molecule has 0 aliphatic rings. The highest BCUT2D eigenvalue weighted by Gasteiger charge is 2.10. The van der Waals surface area contributed by atoms with Gasteiger partial charge in [0.05, 0.1) is 19.4 Å². The predicted molar refractivity (Wildman–Crippen MR) is 98.8 cm³/mol. The molecule has 0 spiro atoms. The fourth-order valence-electron chi connectivity index (χ4n) is 2.45. The molecule has 3 aromatic heterocycles.